The lowest BCUT2D eigenvalue weighted by atomic mass is 10.2. The second-order valence-electron chi connectivity index (χ2n) is 2.46. The molecular formula is C8H14O2S2. The SMILES string of the molecule is CCSC(=O)[C@H](C)CSC(C)=O. The molecule has 1 atom stereocenters. The Morgan fingerprint density at radius 3 is 2.33 bits per heavy atom. The van der Waals surface area contributed by atoms with Crippen LogP contribution in [-0.4, -0.2) is 21.7 Å². The molecule has 0 aliphatic carbocycles. The first kappa shape index (κ1) is 12.0. The monoisotopic (exact) mass is 206 g/mol. The maximum absolute atomic E-state index is 11.2. The maximum Gasteiger partial charge on any atom is 0.192 e. The van der Waals surface area contributed by atoms with Crippen molar-refractivity contribution in [1.82, 2.24) is 0 Å². The molecule has 0 aliphatic heterocycles. The van der Waals surface area contributed by atoms with Gasteiger partial charge in [0, 0.05) is 18.6 Å². The standard InChI is InChI=1S/C8H14O2S2/c1-4-11-8(10)6(2)5-12-7(3)9/h6H,4-5H2,1-3H3/t6-/m1/s1. The van der Waals surface area contributed by atoms with Crippen molar-refractivity contribution in [3.63, 3.8) is 0 Å². The van der Waals surface area contributed by atoms with E-state index in [1.807, 2.05) is 13.8 Å². The lowest BCUT2D eigenvalue weighted by molar-refractivity contribution is -0.113. The molecule has 0 N–H and O–H groups in total. The van der Waals surface area contributed by atoms with Crippen LogP contribution in [0.25, 0.3) is 0 Å². The van der Waals surface area contributed by atoms with Crippen molar-refractivity contribution in [3.05, 3.63) is 0 Å². The Kier molecular flexibility index (Phi) is 6.57. The summed E-state index contributed by atoms with van der Waals surface area (Å²) < 4.78 is 0. The van der Waals surface area contributed by atoms with E-state index in [0.717, 1.165) is 5.75 Å². The fourth-order valence-corrected chi connectivity index (χ4v) is 1.99. The highest BCUT2D eigenvalue weighted by Crippen LogP contribution is 2.15. The Hall–Kier alpha value is 0.0400. The molecule has 0 bridgehead atoms. The zero-order chi connectivity index (χ0) is 9.56. The molecule has 0 aromatic heterocycles. The molecule has 0 radical (unpaired) electrons. The summed E-state index contributed by atoms with van der Waals surface area (Å²) in [6, 6.07) is 0. The first-order valence-electron chi connectivity index (χ1n) is 3.88. The normalized spacial score (nSPS) is 12.6. The van der Waals surface area contributed by atoms with Gasteiger partial charge in [0.05, 0.1) is 0 Å². The van der Waals surface area contributed by atoms with Gasteiger partial charge >= 0.3 is 0 Å². The molecule has 0 fully saturated rings. The van der Waals surface area contributed by atoms with E-state index in [1.54, 1.807) is 0 Å². The molecule has 70 valence electrons. The molecule has 0 spiro atoms. The van der Waals surface area contributed by atoms with Gasteiger partial charge in [0.1, 0.15) is 0 Å². The van der Waals surface area contributed by atoms with Gasteiger partial charge in [0.25, 0.3) is 0 Å². The summed E-state index contributed by atoms with van der Waals surface area (Å²) in [5.74, 6) is 1.42. The summed E-state index contributed by atoms with van der Waals surface area (Å²) in [6.07, 6.45) is 0. The van der Waals surface area contributed by atoms with Gasteiger partial charge in [-0.05, 0) is 5.75 Å². The van der Waals surface area contributed by atoms with Gasteiger partial charge in [-0.3, -0.25) is 9.59 Å². The van der Waals surface area contributed by atoms with Crippen LogP contribution in [0.3, 0.4) is 0 Å². The summed E-state index contributed by atoms with van der Waals surface area (Å²) in [4.78, 5) is 21.8. The highest BCUT2D eigenvalue weighted by atomic mass is 32.2. The molecule has 4 heteroatoms. The molecule has 0 amide bonds. The van der Waals surface area contributed by atoms with Crippen LogP contribution >= 0.6 is 23.5 Å². The van der Waals surface area contributed by atoms with E-state index in [9.17, 15) is 9.59 Å². The molecule has 0 aromatic rings. The smallest absolute Gasteiger partial charge is 0.192 e. The minimum Gasteiger partial charge on any atom is -0.288 e. The second kappa shape index (κ2) is 6.54. The van der Waals surface area contributed by atoms with Crippen LogP contribution in [-0.2, 0) is 9.59 Å². The Balaban J connectivity index is 3.63. The van der Waals surface area contributed by atoms with Crippen molar-refractivity contribution >= 4 is 33.8 Å². The first-order chi connectivity index (χ1) is 5.57. The van der Waals surface area contributed by atoms with E-state index in [4.69, 9.17) is 0 Å². The fourth-order valence-electron chi connectivity index (χ4n) is 0.595. The number of carbonyl (C=O) groups is 2. The fraction of sp³-hybridized carbons (Fsp3) is 0.750. The maximum atomic E-state index is 11.2. The lowest BCUT2D eigenvalue weighted by Crippen LogP contribution is -2.10. The Bertz CT molecular complexity index is 168. The van der Waals surface area contributed by atoms with Crippen molar-refractivity contribution < 1.29 is 9.59 Å². The highest BCUT2D eigenvalue weighted by molar-refractivity contribution is 8.14. The lowest BCUT2D eigenvalue weighted by Gasteiger charge is -2.06. The van der Waals surface area contributed by atoms with E-state index in [2.05, 4.69) is 0 Å². The van der Waals surface area contributed by atoms with Crippen LogP contribution in [0.5, 0.6) is 0 Å². The minimum atomic E-state index is -0.0103. The van der Waals surface area contributed by atoms with Crippen molar-refractivity contribution in [2.45, 2.75) is 20.8 Å². The predicted octanol–water partition coefficient (Wildman–Crippen LogP) is 2.18. The number of rotatable bonds is 4. The van der Waals surface area contributed by atoms with Crippen molar-refractivity contribution in [3.8, 4) is 0 Å². The highest BCUT2D eigenvalue weighted by Gasteiger charge is 2.13. The second-order valence-corrected chi connectivity index (χ2v) is 4.92. The Morgan fingerprint density at radius 1 is 1.33 bits per heavy atom. The van der Waals surface area contributed by atoms with Gasteiger partial charge in [-0.2, -0.15) is 0 Å². The van der Waals surface area contributed by atoms with E-state index in [1.165, 1.54) is 30.4 Å². The van der Waals surface area contributed by atoms with E-state index in [0.29, 0.717) is 5.75 Å². The molecule has 0 aromatic carbocycles. The number of hydrogen-bond acceptors (Lipinski definition) is 4. The third kappa shape index (κ3) is 5.66. The van der Waals surface area contributed by atoms with Crippen LogP contribution in [0, 0.1) is 5.92 Å². The largest absolute Gasteiger partial charge is 0.288 e. The van der Waals surface area contributed by atoms with Gasteiger partial charge in [0.15, 0.2) is 10.2 Å². The molecule has 12 heavy (non-hydrogen) atoms. The Morgan fingerprint density at radius 2 is 1.92 bits per heavy atom. The molecule has 0 rings (SSSR count). The summed E-state index contributed by atoms with van der Waals surface area (Å²) in [7, 11) is 0. The average molecular weight is 206 g/mol. The Labute approximate surface area is 81.9 Å². The number of carbonyl (C=O) groups excluding carboxylic acids is 2. The zero-order valence-corrected chi connectivity index (χ0v) is 9.26. The van der Waals surface area contributed by atoms with Crippen LogP contribution in [0.2, 0.25) is 0 Å². The van der Waals surface area contributed by atoms with Crippen molar-refractivity contribution in [1.29, 1.82) is 0 Å². The van der Waals surface area contributed by atoms with Gasteiger partial charge in [-0.1, -0.05) is 37.4 Å². The molecule has 0 heterocycles. The number of hydrogen-bond donors (Lipinski definition) is 0. The summed E-state index contributed by atoms with van der Waals surface area (Å²) in [5, 5.41) is 0.266. The molecular weight excluding hydrogens is 192 g/mol. The van der Waals surface area contributed by atoms with Gasteiger partial charge in [0.2, 0.25) is 0 Å². The van der Waals surface area contributed by atoms with Crippen LogP contribution in [0.4, 0.5) is 0 Å². The van der Waals surface area contributed by atoms with Crippen LogP contribution < -0.4 is 0 Å². The van der Waals surface area contributed by atoms with Crippen molar-refractivity contribution in [2.75, 3.05) is 11.5 Å². The van der Waals surface area contributed by atoms with Gasteiger partial charge < -0.3 is 0 Å². The molecule has 0 saturated carbocycles. The summed E-state index contributed by atoms with van der Waals surface area (Å²) >= 11 is 2.55. The van der Waals surface area contributed by atoms with Crippen LogP contribution in [0.15, 0.2) is 0 Å². The topological polar surface area (TPSA) is 34.1 Å². The summed E-state index contributed by atoms with van der Waals surface area (Å²) in [5.41, 5.74) is 0. The molecule has 0 unspecified atom stereocenters. The van der Waals surface area contributed by atoms with Crippen molar-refractivity contribution in [2.24, 2.45) is 5.92 Å². The van der Waals surface area contributed by atoms with Gasteiger partial charge in [-0.25, -0.2) is 0 Å². The van der Waals surface area contributed by atoms with Gasteiger partial charge in [-0.15, -0.1) is 0 Å². The van der Waals surface area contributed by atoms with E-state index >= 15 is 0 Å². The average Bonchev–Trinajstić information content (AvgIpc) is 2.00. The van der Waals surface area contributed by atoms with E-state index < -0.39 is 0 Å². The molecule has 0 saturated heterocycles. The summed E-state index contributed by atoms with van der Waals surface area (Å²) in [6.45, 7) is 5.34. The number of thioether (sulfide) groups is 2. The zero-order valence-electron chi connectivity index (χ0n) is 7.62. The predicted molar refractivity (Wildman–Crippen MR) is 55.4 cm³/mol. The molecule has 2 nitrogen and oxygen atoms in total. The molecule has 0 aliphatic rings. The quantitative estimate of drug-likeness (QED) is 0.706. The van der Waals surface area contributed by atoms with E-state index in [-0.39, 0.29) is 16.1 Å². The van der Waals surface area contributed by atoms with Crippen LogP contribution in [0.1, 0.15) is 20.8 Å². The minimum absolute atomic E-state index is 0.0103. The first-order valence-corrected chi connectivity index (χ1v) is 5.85. The third-order valence-electron chi connectivity index (χ3n) is 1.23. The third-order valence-corrected chi connectivity index (χ3v) is 3.27.